The van der Waals surface area contributed by atoms with E-state index in [-0.39, 0.29) is 23.4 Å². The summed E-state index contributed by atoms with van der Waals surface area (Å²) in [5.74, 6) is -0.330. The monoisotopic (exact) mass is 245 g/mol. The van der Waals surface area contributed by atoms with Crippen molar-refractivity contribution in [2.45, 2.75) is 25.4 Å². The largest absolute Gasteiger partial charge is 0.461 e. The molecule has 1 unspecified atom stereocenters. The van der Waals surface area contributed by atoms with Crippen LogP contribution < -0.4 is 0 Å². The second kappa shape index (κ2) is 3.83. The maximum atomic E-state index is 11.8. The summed E-state index contributed by atoms with van der Waals surface area (Å²) < 4.78 is 5.00. The van der Waals surface area contributed by atoms with Crippen molar-refractivity contribution in [3.05, 3.63) is 35.9 Å². The van der Waals surface area contributed by atoms with Crippen molar-refractivity contribution in [3.8, 4) is 0 Å². The Bertz CT molecular complexity index is 511. The normalized spacial score (nSPS) is 32.2. The topological polar surface area (TPSA) is 47.9 Å². The quantitative estimate of drug-likeness (QED) is 0.764. The number of fused-ring (bicyclic) bond motifs is 1. The predicted molar refractivity (Wildman–Crippen MR) is 66.2 cm³/mol. The molecular weight excluding hydrogens is 230 g/mol. The van der Waals surface area contributed by atoms with Gasteiger partial charge in [-0.05, 0) is 12.5 Å². The van der Waals surface area contributed by atoms with E-state index in [1.54, 1.807) is 6.92 Å². The minimum atomic E-state index is -0.357. The van der Waals surface area contributed by atoms with E-state index in [1.165, 1.54) is 5.56 Å². The van der Waals surface area contributed by atoms with E-state index in [4.69, 9.17) is 9.57 Å². The first-order chi connectivity index (χ1) is 8.69. The van der Waals surface area contributed by atoms with Crippen LogP contribution in [0.3, 0.4) is 0 Å². The lowest BCUT2D eigenvalue weighted by molar-refractivity contribution is -0.135. The minimum absolute atomic E-state index is 0.0268. The molecule has 18 heavy (non-hydrogen) atoms. The van der Waals surface area contributed by atoms with Gasteiger partial charge in [-0.1, -0.05) is 42.4 Å². The van der Waals surface area contributed by atoms with E-state index in [2.05, 4.69) is 24.2 Å². The van der Waals surface area contributed by atoms with Crippen LogP contribution in [0.5, 0.6) is 0 Å². The van der Waals surface area contributed by atoms with Gasteiger partial charge in [0.15, 0.2) is 5.71 Å². The molecule has 0 bridgehead atoms. The van der Waals surface area contributed by atoms with Crippen LogP contribution in [0.4, 0.5) is 0 Å². The lowest BCUT2D eigenvalue weighted by Crippen LogP contribution is -2.23. The van der Waals surface area contributed by atoms with Crippen LogP contribution in [-0.4, -0.2) is 24.4 Å². The van der Waals surface area contributed by atoms with Crippen molar-refractivity contribution in [1.82, 2.24) is 0 Å². The third-order valence-corrected chi connectivity index (χ3v) is 3.87. The molecule has 0 radical (unpaired) electrons. The van der Waals surface area contributed by atoms with Gasteiger partial charge in [0.1, 0.15) is 6.10 Å². The van der Waals surface area contributed by atoms with E-state index in [9.17, 15) is 4.79 Å². The number of carbonyl (C=O) groups is 1. The Morgan fingerprint density at radius 2 is 2.17 bits per heavy atom. The molecule has 0 amide bonds. The zero-order chi connectivity index (χ0) is 12.8. The molecule has 1 aliphatic heterocycles. The molecule has 4 heteroatoms. The highest BCUT2D eigenvalue weighted by molar-refractivity contribution is 6.39. The summed E-state index contributed by atoms with van der Waals surface area (Å²) >= 11 is 0. The molecule has 3 rings (SSSR count). The molecule has 0 spiro atoms. The molecule has 3 atom stereocenters. The first-order valence-electron chi connectivity index (χ1n) is 6.16. The summed E-state index contributed by atoms with van der Waals surface area (Å²) in [5.41, 5.74) is 1.45. The number of esters is 1. The third kappa shape index (κ3) is 1.38. The van der Waals surface area contributed by atoms with Gasteiger partial charge in [-0.15, -0.1) is 0 Å². The second-order valence-electron chi connectivity index (χ2n) is 4.85. The Hall–Kier alpha value is -1.84. The molecule has 1 aliphatic carbocycles. The maximum absolute atomic E-state index is 11.8. The third-order valence-electron chi connectivity index (χ3n) is 3.87. The average molecular weight is 245 g/mol. The minimum Gasteiger partial charge on any atom is -0.461 e. The van der Waals surface area contributed by atoms with Crippen molar-refractivity contribution in [3.63, 3.8) is 0 Å². The van der Waals surface area contributed by atoms with Gasteiger partial charge < -0.3 is 9.57 Å². The van der Waals surface area contributed by atoms with Crippen molar-refractivity contribution in [1.29, 1.82) is 0 Å². The fourth-order valence-corrected chi connectivity index (χ4v) is 2.75. The molecule has 4 nitrogen and oxygen atoms in total. The summed E-state index contributed by atoms with van der Waals surface area (Å²) in [6.07, 6.45) is -0.0284. The van der Waals surface area contributed by atoms with Crippen LogP contribution >= 0.6 is 0 Å². The van der Waals surface area contributed by atoms with E-state index in [0.29, 0.717) is 12.3 Å². The standard InChI is InChI=1S/C14H15NO3/c1-3-17-13(16)11-10-12(18-15-11)14(10,2)9-7-5-4-6-8-9/h4-8,10,12H,3H2,1-2H3/t10-,12?,14+/m0/s1. The molecule has 2 aliphatic rings. The molecule has 1 aromatic rings. The lowest BCUT2D eigenvalue weighted by Gasteiger charge is -2.14. The summed E-state index contributed by atoms with van der Waals surface area (Å²) in [6, 6.07) is 10.1. The summed E-state index contributed by atoms with van der Waals surface area (Å²) in [4.78, 5) is 17.1. The van der Waals surface area contributed by atoms with Gasteiger partial charge in [0, 0.05) is 5.41 Å². The Morgan fingerprint density at radius 1 is 1.44 bits per heavy atom. The summed E-state index contributed by atoms with van der Waals surface area (Å²) in [7, 11) is 0. The fraction of sp³-hybridized carbons (Fsp3) is 0.429. The number of benzene rings is 1. The first-order valence-corrected chi connectivity index (χ1v) is 6.16. The van der Waals surface area contributed by atoms with Crippen molar-refractivity contribution >= 4 is 11.7 Å². The number of nitrogens with zero attached hydrogens (tertiary/aromatic N) is 1. The SMILES string of the molecule is CCOC(=O)C1=NOC2[C@H]1[C@@]2(C)c1ccccc1. The summed E-state index contributed by atoms with van der Waals surface area (Å²) in [5, 5.41) is 3.85. The number of oxime groups is 1. The molecule has 1 saturated carbocycles. The Balaban J connectivity index is 1.85. The zero-order valence-corrected chi connectivity index (χ0v) is 10.4. The van der Waals surface area contributed by atoms with Crippen LogP contribution in [0.15, 0.2) is 35.5 Å². The Kier molecular flexibility index (Phi) is 2.40. The fourth-order valence-electron chi connectivity index (χ4n) is 2.75. The summed E-state index contributed by atoms with van der Waals surface area (Å²) in [6.45, 7) is 4.25. The number of rotatable bonds is 3. The number of hydrogen-bond acceptors (Lipinski definition) is 4. The number of hydrogen-bond donors (Lipinski definition) is 0. The highest BCUT2D eigenvalue weighted by Crippen LogP contribution is 2.59. The molecule has 0 saturated heterocycles. The zero-order valence-electron chi connectivity index (χ0n) is 10.4. The van der Waals surface area contributed by atoms with Gasteiger partial charge in [0.2, 0.25) is 0 Å². The first kappa shape index (κ1) is 11.3. The van der Waals surface area contributed by atoms with Crippen LogP contribution in [-0.2, 0) is 19.8 Å². The molecule has 1 aromatic carbocycles. The van der Waals surface area contributed by atoms with Crippen LogP contribution in [0.1, 0.15) is 19.4 Å². The smallest absolute Gasteiger partial charge is 0.356 e. The van der Waals surface area contributed by atoms with Gasteiger partial charge in [-0.2, -0.15) is 0 Å². The van der Waals surface area contributed by atoms with Gasteiger partial charge in [0.05, 0.1) is 12.5 Å². The molecular formula is C14H15NO3. The van der Waals surface area contributed by atoms with Crippen LogP contribution in [0, 0.1) is 5.92 Å². The molecule has 0 aromatic heterocycles. The Morgan fingerprint density at radius 3 is 2.83 bits per heavy atom. The lowest BCUT2D eigenvalue weighted by atomic mass is 9.93. The van der Waals surface area contributed by atoms with Crippen molar-refractivity contribution in [2.24, 2.45) is 11.1 Å². The van der Waals surface area contributed by atoms with E-state index in [0.717, 1.165) is 0 Å². The van der Waals surface area contributed by atoms with Gasteiger partial charge >= 0.3 is 5.97 Å². The van der Waals surface area contributed by atoms with E-state index in [1.807, 2.05) is 18.2 Å². The molecule has 0 N–H and O–H groups in total. The second-order valence-corrected chi connectivity index (χ2v) is 4.85. The number of ether oxygens (including phenoxy) is 1. The average Bonchev–Trinajstić information content (AvgIpc) is 2.78. The molecule has 94 valence electrons. The van der Waals surface area contributed by atoms with Gasteiger partial charge in [-0.3, -0.25) is 0 Å². The Labute approximate surface area is 106 Å². The maximum Gasteiger partial charge on any atom is 0.356 e. The van der Waals surface area contributed by atoms with Crippen LogP contribution in [0.25, 0.3) is 0 Å². The predicted octanol–water partition coefficient (Wildman–Crippen LogP) is 1.89. The molecule has 1 fully saturated rings. The van der Waals surface area contributed by atoms with Gasteiger partial charge in [-0.25, -0.2) is 4.79 Å². The van der Waals surface area contributed by atoms with Crippen LogP contribution in [0.2, 0.25) is 0 Å². The number of carbonyl (C=O) groups excluding carboxylic acids is 1. The van der Waals surface area contributed by atoms with E-state index < -0.39 is 0 Å². The highest BCUT2D eigenvalue weighted by Gasteiger charge is 2.71. The molecule has 1 heterocycles. The highest BCUT2D eigenvalue weighted by atomic mass is 16.7. The van der Waals surface area contributed by atoms with Gasteiger partial charge in [0.25, 0.3) is 0 Å². The van der Waals surface area contributed by atoms with Crippen molar-refractivity contribution in [2.75, 3.05) is 6.61 Å². The van der Waals surface area contributed by atoms with E-state index >= 15 is 0 Å². The van der Waals surface area contributed by atoms with Crippen molar-refractivity contribution < 1.29 is 14.4 Å².